The standard InChI is InChI=1S/C11H22N2O3S2/c1-11(14)3-4-12-7-9(11)13-5-6-17-8-10(13)18(2,15)16/h9-10,12,14H,3-8H2,1-2H3. The average molecular weight is 294 g/mol. The Balaban J connectivity index is 2.23. The van der Waals surface area contributed by atoms with E-state index in [2.05, 4.69) is 5.32 Å². The van der Waals surface area contributed by atoms with Gasteiger partial charge in [0.05, 0.1) is 11.6 Å². The molecule has 3 atom stereocenters. The van der Waals surface area contributed by atoms with Crippen molar-refractivity contribution in [3.05, 3.63) is 0 Å². The normalized spacial score (nSPS) is 39.7. The van der Waals surface area contributed by atoms with Gasteiger partial charge in [0.1, 0.15) is 5.37 Å². The summed E-state index contributed by atoms with van der Waals surface area (Å²) in [7, 11) is -3.11. The summed E-state index contributed by atoms with van der Waals surface area (Å²) in [6.45, 7) is 3.99. The van der Waals surface area contributed by atoms with Crippen LogP contribution in [0.25, 0.3) is 0 Å². The van der Waals surface area contributed by atoms with Crippen molar-refractivity contribution in [3.63, 3.8) is 0 Å². The number of aliphatic hydroxyl groups is 1. The Bertz CT molecular complexity index is 397. The van der Waals surface area contributed by atoms with E-state index in [1.54, 1.807) is 11.8 Å². The van der Waals surface area contributed by atoms with E-state index >= 15 is 0 Å². The SMILES string of the molecule is CC1(O)CCNCC1N1CCSCC1S(C)(=O)=O. The summed E-state index contributed by atoms with van der Waals surface area (Å²) >= 11 is 1.67. The molecule has 7 heteroatoms. The zero-order valence-electron chi connectivity index (χ0n) is 10.9. The van der Waals surface area contributed by atoms with Gasteiger partial charge in [-0.2, -0.15) is 11.8 Å². The summed E-state index contributed by atoms with van der Waals surface area (Å²) in [6, 6.07) is -0.119. The molecule has 0 saturated carbocycles. The van der Waals surface area contributed by atoms with Crippen LogP contribution in [0.5, 0.6) is 0 Å². The molecule has 2 aliphatic heterocycles. The van der Waals surface area contributed by atoms with Gasteiger partial charge in [0, 0.05) is 30.9 Å². The van der Waals surface area contributed by atoms with Crippen LogP contribution >= 0.6 is 11.8 Å². The van der Waals surface area contributed by atoms with Crippen LogP contribution in [0.2, 0.25) is 0 Å². The molecule has 2 aliphatic rings. The molecule has 2 heterocycles. The van der Waals surface area contributed by atoms with E-state index in [1.807, 2.05) is 11.8 Å². The molecular weight excluding hydrogens is 272 g/mol. The Morgan fingerprint density at radius 1 is 1.50 bits per heavy atom. The van der Waals surface area contributed by atoms with Crippen molar-refractivity contribution in [3.8, 4) is 0 Å². The molecule has 2 N–H and O–H groups in total. The van der Waals surface area contributed by atoms with Crippen LogP contribution in [0.1, 0.15) is 13.3 Å². The number of nitrogens with zero attached hydrogens (tertiary/aromatic N) is 1. The fraction of sp³-hybridized carbons (Fsp3) is 1.00. The summed E-state index contributed by atoms with van der Waals surface area (Å²) in [5.41, 5.74) is -0.809. The highest BCUT2D eigenvalue weighted by Gasteiger charge is 2.44. The van der Waals surface area contributed by atoms with Crippen LogP contribution in [-0.4, -0.2) is 72.8 Å². The van der Waals surface area contributed by atoms with Crippen molar-refractivity contribution >= 4 is 21.6 Å². The van der Waals surface area contributed by atoms with Crippen LogP contribution in [0.3, 0.4) is 0 Å². The van der Waals surface area contributed by atoms with Crippen LogP contribution in [0, 0.1) is 0 Å². The highest BCUT2D eigenvalue weighted by Crippen LogP contribution is 2.29. The monoisotopic (exact) mass is 294 g/mol. The number of piperidine rings is 1. The largest absolute Gasteiger partial charge is 0.388 e. The van der Waals surface area contributed by atoms with Gasteiger partial charge < -0.3 is 10.4 Å². The number of rotatable bonds is 2. The Hall–Kier alpha value is 0.180. The minimum absolute atomic E-state index is 0.119. The summed E-state index contributed by atoms with van der Waals surface area (Å²) in [4.78, 5) is 1.98. The molecule has 2 rings (SSSR count). The minimum Gasteiger partial charge on any atom is -0.388 e. The van der Waals surface area contributed by atoms with Gasteiger partial charge in [-0.1, -0.05) is 0 Å². The van der Waals surface area contributed by atoms with Crippen molar-refractivity contribution in [2.45, 2.75) is 30.4 Å². The van der Waals surface area contributed by atoms with Gasteiger partial charge in [0.15, 0.2) is 9.84 Å². The fourth-order valence-corrected chi connectivity index (χ4v) is 5.68. The Morgan fingerprint density at radius 3 is 2.83 bits per heavy atom. The third-order valence-electron chi connectivity index (χ3n) is 3.88. The Morgan fingerprint density at radius 2 is 2.22 bits per heavy atom. The second-order valence-electron chi connectivity index (χ2n) is 5.42. The number of nitrogens with one attached hydrogen (secondary N) is 1. The molecule has 0 amide bonds. The molecule has 0 bridgehead atoms. The van der Waals surface area contributed by atoms with Gasteiger partial charge >= 0.3 is 0 Å². The van der Waals surface area contributed by atoms with Crippen molar-refractivity contribution in [2.75, 3.05) is 37.4 Å². The van der Waals surface area contributed by atoms with E-state index in [0.29, 0.717) is 18.7 Å². The maximum Gasteiger partial charge on any atom is 0.164 e. The molecule has 0 aromatic carbocycles. The number of sulfone groups is 1. The first-order valence-electron chi connectivity index (χ1n) is 6.28. The first kappa shape index (κ1) is 14.6. The molecule has 2 fully saturated rings. The molecule has 5 nitrogen and oxygen atoms in total. The highest BCUT2D eigenvalue weighted by molar-refractivity contribution is 8.00. The first-order chi connectivity index (χ1) is 8.32. The lowest BCUT2D eigenvalue weighted by molar-refractivity contribution is -0.0542. The van der Waals surface area contributed by atoms with Gasteiger partial charge in [0.2, 0.25) is 0 Å². The molecule has 3 unspecified atom stereocenters. The van der Waals surface area contributed by atoms with Crippen molar-refractivity contribution < 1.29 is 13.5 Å². The maximum absolute atomic E-state index is 11.9. The van der Waals surface area contributed by atoms with Gasteiger partial charge in [-0.25, -0.2) is 8.42 Å². The second-order valence-corrected chi connectivity index (χ2v) is 8.78. The molecule has 106 valence electrons. The maximum atomic E-state index is 11.9. The van der Waals surface area contributed by atoms with E-state index in [4.69, 9.17) is 0 Å². The smallest absolute Gasteiger partial charge is 0.164 e. The molecule has 0 aliphatic carbocycles. The molecular formula is C11H22N2O3S2. The molecule has 0 aromatic rings. The predicted molar refractivity (Wildman–Crippen MR) is 74.6 cm³/mol. The minimum atomic E-state index is -3.11. The Kier molecular flexibility index (Phi) is 4.28. The van der Waals surface area contributed by atoms with E-state index < -0.39 is 20.8 Å². The fourth-order valence-electron chi connectivity index (χ4n) is 2.76. The highest BCUT2D eigenvalue weighted by atomic mass is 32.2. The average Bonchev–Trinajstić information content (AvgIpc) is 2.27. The Labute approximate surface area is 113 Å². The van der Waals surface area contributed by atoms with Crippen LogP contribution in [0.4, 0.5) is 0 Å². The molecule has 2 saturated heterocycles. The lowest BCUT2D eigenvalue weighted by Gasteiger charge is -2.48. The number of hydrogen-bond acceptors (Lipinski definition) is 6. The third kappa shape index (κ3) is 3.01. The van der Waals surface area contributed by atoms with Gasteiger partial charge in [0.25, 0.3) is 0 Å². The van der Waals surface area contributed by atoms with E-state index in [9.17, 15) is 13.5 Å². The molecule has 0 radical (unpaired) electrons. The molecule has 18 heavy (non-hydrogen) atoms. The van der Waals surface area contributed by atoms with Crippen molar-refractivity contribution in [2.24, 2.45) is 0 Å². The summed E-state index contributed by atoms with van der Waals surface area (Å²) in [6.07, 6.45) is 1.96. The van der Waals surface area contributed by atoms with E-state index in [-0.39, 0.29) is 6.04 Å². The van der Waals surface area contributed by atoms with Crippen molar-refractivity contribution in [1.29, 1.82) is 0 Å². The van der Waals surface area contributed by atoms with E-state index in [0.717, 1.165) is 18.8 Å². The predicted octanol–water partition coefficient (Wildman–Crippen LogP) is -0.481. The van der Waals surface area contributed by atoms with Crippen LogP contribution < -0.4 is 5.32 Å². The van der Waals surface area contributed by atoms with Gasteiger partial charge in [-0.15, -0.1) is 0 Å². The lowest BCUT2D eigenvalue weighted by Crippen LogP contribution is -2.65. The van der Waals surface area contributed by atoms with Crippen LogP contribution in [-0.2, 0) is 9.84 Å². The second kappa shape index (κ2) is 5.28. The zero-order chi connectivity index (χ0) is 13.4. The van der Waals surface area contributed by atoms with E-state index in [1.165, 1.54) is 6.26 Å². The first-order valence-corrected chi connectivity index (χ1v) is 9.39. The quantitative estimate of drug-likeness (QED) is 0.717. The molecule has 0 aromatic heterocycles. The lowest BCUT2D eigenvalue weighted by atomic mass is 9.88. The molecule has 0 spiro atoms. The van der Waals surface area contributed by atoms with Crippen molar-refractivity contribution in [1.82, 2.24) is 10.2 Å². The summed E-state index contributed by atoms with van der Waals surface area (Å²) < 4.78 is 23.8. The van der Waals surface area contributed by atoms with Crippen LogP contribution in [0.15, 0.2) is 0 Å². The number of thioether (sulfide) groups is 1. The summed E-state index contributed by atoms with van der Waals surface area (Å²) in [5.74, 6) is 1.53. The number of hydrogen-bond donors (Lipinski definition) is 2. The zero-order valence-corrected chi connectivity index (χ0v) is 12.6. The van der Waals surface area contributed by atoms with Gasteiger partial charge in [-0.05, 0) is 19.9 Å². The topological polar surface area (TPSA) is 69.6 Å². The van der Waals surface area contributed by atoms with Gasteiger partial charge in [-0.3, -0.25) is 4.90 Å². The summed E-state index contributed by atoms with van der Waals surface area (Å²) in [5, 5.41) is 13.3. The third-order valence-corrected chi connectivity index (χ3v) is 6.54.